The maximum Gasteiger partial charge on any atom is 0.383 e. The van der Waals surface area contributed by atoms with Gasteiger partial charge in [0.1, 0.15) is 0 Å². The minimum Gasteiger partial charge on any atom is -0.481 e. The van der Waals surface area contributed by atoms with Crippen LogP contribution in [0.25, 0.3) is 0 Å². The predicted octanol–water partition coefficient (Wildman–Crippen LogP) is 2.04. The number of carboxylic acid groups (broad SMARTS) is 1. The zero-order valence-corrected chi connectivity index (χ0v) is 9.60. The number of nitrogens with one attached hydrogen (secondary N) is 1. The van der Waals surface area contributed by atoms with Gasteiger partial charge in [0.25, 0.3) is 5.91 Å². The topological polar surface area (TPSA) is 66.4 Å². The predicted molar refractivity (Wildman–Crippen MR) is 54.7 cm³/mol. The number of halogens is 4. The van der Waals surface area contributed by atoms with Gasteiger partial charge in [0.05, 0.1) is 0 Å². The molecule has 1 amide bonds. The van der Waals surface area contributed by atoms with Crippen molar-refractivity contribution in [2.45, 2.75) is 44.5 Å². The van der Waals surface area contributed by atoms with Crippen molar-refractivity contribution in [2.75, 3.05) is 6.54 Å². The van der Waals surface area contributed by atoms with E-state index >= 15 is 0 Å². The highest BCUT2D eigenvalue weighted by atomic mass is 19.3. The van der Waals surface area contributed by atoms with Crippen LogP contribution in [-0.2, 0) is 9.59 Å². The number of amides is 1. The molecule has 0 unspecified atom stereocenters. The second-order valence-electron chi connectivity index (χ2n) is 3.74. The van der Waals surface area contributed by atoms with Crippen LogP contribution in [-0.4, -0.2) is 35.9 Å². The van der Waals surface area contributed by atoms with E-state index in [4.69, 9.17) is 5.11 Å². The number of hydrogen-bond donors (Lipinski definition) is 2. The molecule has 0 aliphatic heterocycles. The van der Waals surface area contributed by atoms with Crippen LogP contribution in [0.3, 0.4) is 0 Å². The monoisotopic (exact) mass is 273 g/mol. The van der Waals surface area contributed by atoms with E-state index in [1.54, 1.807) is 5.32 Å². The van der Waals surface area contributed by atoms with Crippen LogP contribution in [0.2, 0.25) is 0 Å². The maximum atomic E-state index is 12.4. The van der Waals surface area contributed by atoms with Crippen LogP contribution in [0.15, 0.2) is 0 Å². The summed E-state index contributed by atoms with van der Waals surface area (Å²) in [5.41, 5.74) is 0. The minimum atomic E-state index is -4.66. The Kier molecular flexibility index (Phi) is 7.30. The molecule has 0 saturated carbocycles. The van der Waals surface area contributed by atoms with E-state index in [2.05, 4.69) is 0 Å². The van der Waals surface area contributed by atoms with E-state index in [1.807, 2.05) is 0 Å². The highest BCUT2D eigenvalue weighted by Gasteiger charge is 2.48. The number of carboxylic acids is 1. The number of unbranched alkanes of at least 4 members (excludes halogenated alkanes) is 3. The quantitative estimate of drug-likeness (QED) is 0.499. The summed E-state index contributed by atoms with van der Waals surface area (Å²) in [6.45, 7) is -0.131. The Morgan fingerprint density at radius 2 is 1.67 bits per heavy atom. The highest BCUT2D eigenvalue weighted by molar-refractivity contribution is 5.83. The van der Waals surface area contributed by atoms with Crippen LogP contribution in [0.5, 0.6) is 0 Å². The molecule has 0 rings (SSSR count). The molecule has 0 atom stereocenters. The lowest BCUT2D eigenvalue weighted by Gasteiger charge is -2.14. The van der Waals surface area contributed by atoms with Crippen molar-refractivity contribution in [3.05, 3.63) is 0 Å². The van der Waals surface area contributed by atoms with Gasteiger partial charge in [0.15, 0.2) is 0 Å². The molecule has 0 bridgehead atoms. The first-order chi connectivity index (χ1) is 8.28. The lowest BCUT2D eigenvalue weighted by atomic mass is 10.1. The van der Waals surface area contributed by atoms with Gasteiger partial charge in [0.2, 0.25) is 0 Å². The Labute approximate surface area is 101 Å². The molecule has 0 spiro atoms. The van der Waals surface area contributed by atoms with Gasteiger partial charge in [-0.15, -0.1) is 0 Å². The standard InChI is InChI=1S/C10H15F4NO3/c11-8(12)10(13,14)9(18)15-6-4-2-1-3-5-7(16)17/h8H,1-6H2,(H,15,18)(H,16,17). The van der Waals surface area contributed by atoms with Crippen molar-refractivity contribution < 1.29 is 32.3 Å². The van der Waals surface area contributed by atoms with E-state index in [9.17, 15) is 27.2 Å². The molecule has 0 aromatic carbocycles. The molecule has 0 fully saturated rings. The molecular weight excluding hydrogens is 258 g/mol. The summed E-state index contributed by atoms with van der Waals surface area (Å²) in [4.78, 5) is 20.8. The lowest BCUT2D eigenvalue weighted by molar-refractivity contribution is -0.169. The fourth-order valence-corrected chi connectivity index (χ4v) is 1.17. The summed E-state index contributed by atoms with van der Waals surface area (Å²) >= 11 is 0. The van der Waals surface area contributed by atoms with Gasteiger partial charge in [-0.05, 0) is 12.8 Å². The van der Waals surface area contributed by atoms with Crippen molar-refractivity contribution in [1.29, 1.82) is 0 Å². The van der Waals surface area contributed by atoms with Gasteiger partial charge in [-0.1, -0.05) is 12.8 Å². The Hall–Kier alpha value is -1.34. The average molecular weight is 273 g/mol. The maximum absolute atomic E-state index is 12.4. The van der Waals surface area contributed by atoms with Crippen LogP contribution in [0, 0.1) is 0 Å². The number of carbonyl (C=O) groups excluding carboxylic acids is 1. The van der Waals surface area contributed by atoms with Crippen molar-refractivity contribution in [3.63, 3.8) is 0 Å². The smallest absolute Gasteiger partial charge is 0.383 e. The number of carbonyl (C=O) groups is 2. The summed E-state index contributed by atoms with van der Waals surface area (Å²) in [6.07, 6.45) is -2.09. The second kappa shape index (κ2) is 7.88. The van der Waals surface area contributed by atoms with E-state index < -0.39 is 24.2 Å². The first-order valence-electron chi connectivity index (χ1n) is 5.44. The first-order valence-corrected chi connectivity index (χ1v) is 5.44. The molecular formula is C10H15F4NO3. The Bertz CT molecular complexity index is 284. The summed E-state index contributed by atoms with van der Waals surface area (Å²) in [6, 6.07) is 0. The molecule has 0 saturated heterocycles. The van der Waals surface area contributed by atoms with Gasteiger partial charge in [0, 0.05) is 13.0 Å². The fourth-order valence-electron chi connectivity index (χ4n) is 1.17. The molecule has 18 heavy (non-hydrogen) atoms. The largest absolute Gasteiger partial charge is 0.481 e. The van der Waals surface area contributed by atoms with Crippen LogP contribution >= 0.6 is 0 Å². The van der Waals surface area contributed by atoms with E-state index in [1.165, 1.54) is 0 Å². The first kappa shape index (κ1) is 16.7. The normalized spacial score (nSPS) is 11.6. The van der Waals surface area contributed by atoms with Crippen molar-refractivity contribution in [3.8, 4) is 0 Å². The number of aliphatic carboxylic acids is 1. The lowest BCUT2D eigenvalue weighted by Crippen LogP contribution is -2.45. The zero-order valence-electron chi connectivity index (χ0n) is 9.60. The summed E-state index contributed by atoms with van der Waals surface area (Å²) < 4.78 is 48.4. The average Bonchev–Trinajstić information content (AvgIpc) is 2.26. The summed E-state index contributed by atoms with van der Waals surface area (Å²) in [7, 11) is 0. The molecule has 0 aromatic heterocycles. The third-order valence-electron chi connectivity index (χ3n) is 2.18. The Morgan fingerprint density at radius 3 is 2.17 bits per heavy atom. The minimum absolute atomic E-state index is 0.0236. The molecule has 2 N–H and O–H groups in total. The van der Waals surface area contributed by atoms with Gasteiger partial charge in [-0.2, -0.15) is 8.78 Å². The van der Waals surface area contributed by atoms with Crippen LogP contribution < -0.4 is 5.32 Å². The third-order valence-corrected chi connectivity index (χ3v) is 2.18. The summed E-state index contributed by atoms with van der Waals surface area (Å²) in [5.74, 6) is -7.56. The molecule has 0 heterocycles. The van der Waals surface area contributed by atoms with Crippen molar-refractivity contribution in [2.24, 2.45) is 0 Å². The number of hydrogen-bond acceptors (Lipinski definition) is 2. The molecule has 8 heteroatoms. The number of rotatable bonds is 9. The molecule has 106 valence electrons. The van der Waals surface area contributed by atoms with Gasteiger partial charge >= 0.3 is 18.3 Å². The zero-order chi connectivity index (χ0) is 14.2. The SMILES string of the molecule is O=C(O)CCCCCCNC(=O)C(F)(F)C(F)F. The molecule has 0 radical (unpaired) electrons. The molecule has 0 aromatic rings. The van der Waals surface area contributed by atoms with E-state index in [-0.39, 0.29) is 13.0 Å². The van der Waals surface area contributed by atoms with E-state index in [0.717, 1.165) is 0 Å². The van der Waals surface area contributed by atoms with Crippen molar-refractivity contribution in [1.82, 2.24) is 5.32 Å². The fraction of sp³-hybridized carbons (Fsp3) is 0.800. The van der Waals surface area contributed by atoms with Gasteiger partial charge < -0.3 is 10.4 Å². The highest BCUT2D eigenvalue weighted by Crippen LogP contribution is 2.22. The molecule has 4 nitrogen and oxygen atoms in total. The van der Waals surface area contributed by atoms with Crippen molar-refractivity contribution >= 4 is 11.9 Å². The summed E-state index contributed by atoms with van der Waals surface area (Å²) in [5, 5.41) is 10.0. The Morgan fingerprint density at radius 1 is 1.11 bits per heavy atom. The van der Waals surface area contributed by atoms with Crippen LogP contribution in [0.1, 0.15) is 32.1 Å². The molecule has 0 aliphatic carbocycles. The number of alkyl halides is 4. The van der Waals surface area contributed by atoms with Crippen LogP contribution in [0.4, 0.5) is 17.6 Å². The third kappa shape index (κ3) is 6.41. The van der Waals surface area contributed by atoms with Gasteiger partial charge in [-0.3, -0.25) is 9.59 Å². The van der Waals surface area contributed by atoms with Gasteiger partial charge in [-0.25, -0.2) is 8.78 Å². The molecule has 0 aliphatic rings. The second-order valence-corrected chi connectivity index (χ2v) is 3.74. The van der Waals surface area contributed by atoms with E-state index in [0.29, 0.717) is 25.7 Å². The Balaban J connectivity index is 3.61.